The number of hydrazine groups is 1. The minimum atomic E-state index is -0.441. The van der Waals surface area contributed by atoms with Gasteiger partial charge in [-0.2, -0.15) is 0 Å². The Morgan fingerprint density at radius 1 is 1.45 bits per heavy atom. The van der Waals surface area contributed by atoms with Crippen molar-refractivity contribution >= 4 is 17.3 Å². The lowest BCUT2D eigenvalue weighted by Crippen LogP contribution is -2.27. The highest BCUT2D eigenvalue weighted by molar-refractivity contribution is 5.54. The molecule has 1 heterocycles. The number of anilines is 2. The van der Waals surface area contributed by atoms with Crippen LogP contribution in [0.2, 0.25) is 0 Å². The van der Waals surface area contributed by atoms with Gasteiger partial charge in [0.15, 0.2) is 0 Å². The van der Waals surface area contributed by atoms with E-state index in [0.717, 1.165) is 18.8 Å². The van der Waals surface area contributed by atoms with Crippen molar-refractivity contribution in [3.63, 3.8) is 0 Å². The number of nitro groups is 1. The van der Waals surface area contributed by atoms with Gasteiger partial charge in [0.1, 0.15) is 11.6 Å². The first-order chi connectivity index (χ1) is 9.62. The average Bonchev–Trinajstić information content (AvgIpc) is 2.47. The highest BCUT2D eigenvalue weighted by Crippen LogP contribution is 2.29. The fourth-order valence-electron chi connectivity index (χ4n) is 2.77. The van der Waals surface area contributed by atoms with Gasteiger partial charge in [-0.05, 0) is 18.8 Å². The molecular weight excluding hydrogens is 258 g/mol. The van der Waals surface area contributed by atoms with Crippen LogP contribution >= 0.6 is 0 Å². The molecule has 0 aromatic carbocycles. The third-order valence-corrected chi connectivity index (χ3v) is 3.88. The number of aromatic nitrogens is 1. The van der Waals surface area contributed by atoms with E-state index in [4.69, 9.17) is 5.84 Å². The van der Waals surface area contributed by atoms with Crippen LogP contribution in [0.4, 0.5) is 17.3 Å². The van der Waals surface area contributed by atoms with Gasteiger partial charge in [-0.15, -0.1) is 0 Å². The van der Waals surface area contributed by atoms with Crippen molar-refractivity contribution in [1.82, 2.24) is 4.98 Å². The topological polar surface area (TPSA) is 106 Å². The number of nitrogens with zero attached hydrogens (tertiary/aromatic N) is 2. The van der Waals surface area contributed by atoms with E-state index in [1.54, 1.807) is 0 Å². The SMILES string of the molecule is CCC1CCCC(Nc2cc([N+](=O)[O-])cc(NN)n2)C1. The van der Waals surface area contributed by atoms with E-state index in [9.17, 15) is 10.1 Å². The summed E-state index contributed by atoms with van der Waals surface area (Å²) >= 11 is 0. The zero-order valence-corrected chi connectivity index (χ0v) is 11.6. The van der Waals surface area contributed by atoms with Crippen molar-refractivity contribution in [2.24, 2.45) is 11.8 Å². The van der Waals surface area contributed by atoms with E-state index in [1.165, 1.54) is 31.4 Å². The number of rotatable bonds is 5. The van der Waals surface area contributed by atoms with Crippen molar-refractivity contribution in [2.75, 3.05) is 10.7 Å². The molecule has 1 saturated carbocycles. The molecular formula is C13H21N5O2. The Bertz CT molecular complexity index is 480. The van der Waals surface area contributed by atoms with E-state index < -0.39 is 4.92 Å². The quantitative estimate of drug-likeness (QED) is 0.434. The zero-order valence-electron chi connectivity index (χ0n) is 11.6. The number of hydrogen-bond acceptors (Lipinski definition) is 6. The molecule has 2 atom stereocenters. The molecule has 4 N–H and O–H groups in total. The van der Waals surface area contributed by atoms with Gasteiger partial charge >= 0.3 is 0 Å². The fourth-order valence-corrected chi connectivity index (χ4v) is 2.77. The third-order valence-electron chi connectivity index (χ3n) is 3.88. The maximum Gasteiger partial charge on any atom is 0.276 e. The molecule has 1 fully saturated rings. The molecule has 0 bridgehead atoms. The lowest BCUT2D eigenvalue weighted by atomic mass is 9.84. The highest BCUT2D eigenvalue weighted by atomic mass is 16.6. The summed E-state index contributed by atoms with van der Waals surface area (Å²) in [5, 5.41) is 14.2. The second kappa shape index (κ2) is 6.51. The largest absolute Gasteiger partial charge is 0.367 e. The number of hydrogen-bond donors (Lipinski definition) is 3. The van der Waals surface area contributed by atoms with Crippen LogP contribution in [-0.4, -0.2) is 15.9 Å². The second-order valence-corrected chi connectivity index (χ2v) is 5.28. The van der Waals surface area contributed by atoms with Crippen molar-refractivity contribution in [3.8, 4) is 0 Å². The molecule has 1 aromatic rings. The number of nitrogen functional groups attached to an aromatic ring is 1. The smallest absolute Gasteiger partial charge is 0.276 e. The Morgan fingerprint density at radius 3 is 2.85 bits per heavy atom. The Hall–Kier alpha value is -1.89. The van der Waals surface area contributed by atoms with E-state index in [1.807, 2.05) is 0 Å². The fraction of sp³-hybridized carbons (Fsp3) is 0.615. The van der Waals surface area contributed by atoms with Crippen LogP contribution in [0, 0.1) is 16.0 Å². The van der Waals surface area contributed by atoms with Crippen molar-refractivity contribution in [2.45, 2.75) is 45.1 Å². The van der Waals surface area contributed by atoms with Gasteiger partial charge in [0.25, 0.3) is 5.69 Å². The van der Waals surface area contributed by atoms with E-state index in [2.05, 4.69) is 22.7 Å². The Labute approximate surface area is 118 Å². The first-order valence-corrected chi connectivity index (χ1v) is 7.02. The monoisotopic (exact) mass is 279 g/mol. The summed E-state index contributed by atoms with van der Waals surface area (Å²) in [5.74, 6) is 6.83. The maximum absolute atomic E-state index is 10.9. The molecule has 1 aliphatic rings. The van der Waals surface area contributed by atoms with Crippen LogP contribution in [0.25, 0.3) is 0 Å². The third kappa shape index (κ3) is 3.57. The summed E-state index contributed by atoms with van der Waals surface area (Å²) in [5.41, 5.74) is 2.35. The van der Waals surface area contributed by atoms with Crippen LogP contribution in [0.15, 0.2) is 12.1 Å². The van der Waals surface area contributed by atoms with Gasteiger partial charge in [0, 0.05) is 6.04 Å². The Balaban J connectivity index is 2.11. The number of pyridine rings is 1. The molecule has 0 aliphatic heterocycles. The molecule has 1 aromatic heterocycles. The summed E-state index contributed by atoms with van der Waals surface area (Å²) in [4.78, 5) is 14.7. The summed E-state index contributed by atoms with van der Waals surface area (Å²) in [7, 11) is 0. The summed E-state index contributed by atoms with van der Waals surface area (Å²) in [6, 6.07) is 3.10. The van der Waals surface area contributed by atoms with Crippen molar-refractivity contribution in [1.29, 1.82) is 0 Å². The van der Waals surface area contributed by atoms with Crippen LogP contribution in [0.1, 0.15) is 39.0 Å². The lowest BCUT2D eigenvalue weighted by molar-refractivity contribution is -0.384. The van der Waals surface area contributed by atoms with E-state index in [-0.39, 0.29) is 5.69 Å². The molecule has 0 saturated heterocycles. The predicted molar refractivity (Wildman–Crippen MR) is 78.4 cm³/mol. The molecule has 7 nitrogen and oxygen atoms in total. The van der Waals surface area contributed by atoms with Crippen LogP contribution in [0.3, 0.4) is 0 Å². The van der Waals surface area contributed by atoms with Crippen molar-refractivity contribution in [3.05, 3.63) is 22.2 Å². The van der Waals surface area contributed by atoms with Gasteiger partial charge in [-0.3, -0.25) is 10.1 Å². The van der Waals surface area contributed by atoms with Crippen LogP contribution < -0.4 is 16.6 Å². The standard InChI is InChI=1S/C13H21N5O2/c1-2-9-4-3-5-10(6-9)15-12-7-11(18(19)20)8-13(16-12)17-14/h7-10H,2-6,14H2,1H3,(H2,15,16,17). The van der Waals surface area contributed by atoms with Crippen LogP contribution in [-0.2, 0) is 0 Å². The summed E-state index contributed by atoms with van der Waals surface area (Å²) in [6.07, 6.45) is 5.80. The minimum absolute atomic E-state index is 0.0155. The van der Waals surface area contributed by atoms with Crippen molar-refractivity contribution < 1.29 is 4.92 Å². The maximum atomic E-state index is 10.9. The lowest BCUT2D eigenvalue weighted by Gasteiger charge is -2.29. The zero-order chi connectivity index (χ0) is 14.5. The summed E-state index contributed by atoms with van der Waals surface area (Å²) < 4.78 is 0. The van der Waals surface area contributed by atoms with Gasteiger partial charge in [-0.25, -0.2) is 10.8 Å². The van der Waals surface area contributed by atoms with Gasteiger partial charge < -0.3 is 10.7 Å². The highest BCUT2D eigenvalue weighted by Gasteiger charge is 2.21. The number of nitrogens with one attached hydrogen (secondary N) is 2. The number of nitrogens with two attached hydrogens (primary N) is 1. The van der Waals surface area contributed by atoms with Gasteiger partial charge in [0.2, 0.25) is 0 Å². The van der Waals surface area contributed by atoms with E-state index >= 15 is 0 Å². The molecule has 110 valence electrons. The summed E-state index contributed by atoms with van der Waals surface area (Å²) in [6.45, 7) is 2.20. The molecule has 2 rings (SSSR count). The molecule has 2 unspecified atom stereocenters. The Kier molecular flexibility index (Phi) is 4.73. The molecule has 0 spiro atoms. The van der Waals surface area contributed by atoms with E-state index in [0.29, 0.717) is 17.7 Å². The molecule has 0 radical (unpaired) electrons. The molecule has 1 aliphatic carbocycles. The normalized spacial score (nSPS) is 22.3. The Morgan fingerprint density at radius 2 is 2.20 bits per heavy atom. The molecule has 7 heteroatoms. The predicted octanol–water partition coefficient (Wildman–Crippen LogP) is 2.66. The second-order valence-electron chi connectivity index (χ2n) is 5.28. The molecule has 20 heavy (non-hydrogen) atoms. The van der Waals surface area contributed by atoms with Gasteiger partial charge in [0.05, 0.1) is 17.1 Å². The average molecular weight is 279 g/mol. The van der Waals surface area contributed by atoms with Gasteiger partial charge in [-0.1, -0.05) is 26.2 Å². The molecule has 0 amide bonds. The first-order valence-electron chi connectivity index (χ1n) is 7.02. The minimum Gasteiger partial charge on any atom is -0.367 e. The van der Waals surface area contributed by atoms with Crippen LogP contribution in [0.5, 0.6) is 0 Å². The first kappa shape index (κ1) is 14.5.